The minimum absolute atomic E-state index is 0.275. The van der Waals surface area contributed by atoms with Crippen LogP contribution in [0.4, 0.5) is 11.6 Å². The van der Waals surface area contributed by atoms with E-state index >= 15 is 0 Å². The summed E-state index contributed by atoms with van der Waals surface area (Å²) in [5, 5.41) is 21.0. The van der Waals surface area contributed by atoms with Gasteiger partial charge in [-0.05, 0) is 38.5 Å². The van der Waals surface area contributed by atoms with Crippen LogP contribution in [0.5, 0.6) is 5.88 Å². The summed E-state index contributed by atoms with van der Waals surface area (Å²) in [6.45, 7) is 6.23. The van der Waals surface area contributed by atoms with E-state index in [4.69, 9.17) is 19.9 Å². The van der Waals surface area contributed by atoms with E-state index < -0.39 is 0 Å². The molecule has 0 fully saturated rings. The Hall–Kier alpha value is -4.28. The Morgan fingerprint density at radius 1 is 1.06 bits per heavy atom. The molecular formula is C22H24N10O. The molecule has 0 saturated heterocycles. The van der Waals surface area contributed by atoms with Crippen LogP contribution in [0.2, 0.25) is 0 Å². The fraction of sp³-hybridized carbons (Fsp3) is 0.273. The fourth-order valence-corrected chi connectivity index (χ4v) is 3.64. The molecule has 5 rings (SSSR count). The number of methoxy groups -OCH3 is 1. The first-order valence-corrected chi connectivity index (χ1v) is 10.5. The molecule has 0 spiro atoms. The lowest BCUT2D eigenvalue weighted by atomic mass is 10.1. The second-order valence-electron chi connectivity index (χ2n) is 7.97. The number of hydrogen-bond donors (Lipinski definition) is 1. The molecule has 1 N–H and O–H groups in total. The van der Waals surface area contributed by atoms with Crippen LogP contribution >= 0.6 is 0 Å². The summed E-state index contributed by atoms with van der Waals surface area (Å²) < 4.78 is 10.7. The Labute approximate surface area is 190 Å². The predicted octanol–water partition coefficient (Wildman–Crippen LogP) is 3.42. The maximum Gasteiger partial charge on any atom is 0.233 e. The number of hydrogen-bond acceptors (Lipinski definition) is 8. The smallest absolute Gasteiger partial charge is 0.233 e. The van der Waals surface area contributed by atoms with Crippen LogP contribution in [0.1, 0.15) is 25.5 Å². The maximum absolute atomic E-state index is 5.11. The summed E-state index contributed by atoms with van der Waals surface area (Å²) in [6.07, 6.45) is 7.53. The average molecular weight is 445 g/mol. The molecule has 5 aromatic heterocycles. The molecule has 5 heterocycles. The zero-order valence-electron chi connectivity index (χ0n) is 19.1. The van der Waals surface area contributed by atoms with Crippen LogP contribution in [0.15, 0.2) is 43.0 Å². The SMILES string of the molecule is COc1ccc(Nc2nc(-c3nccn3C)nn3cc(-c4ccn(C(C)C)n4)c(C)c23)nn1. The Morgan fingerprint density at radius 3 is 2.55 bits per heavy atom. The van der Waals surface area contributed by atoms with Gasteiger partial charge in [0.15, 0.2) is 17.5 Å². The van der Waals surface area contributed by atoms with Crippen molar-refractivity contribution in [2.75, 3.05) is 12.4 Å². The van der Waals surface area contributed by atoms with Gasteiger partial charge in [-0.2, -0.15) is 5.10 Å². The van der Waals surface area contributed by atoms with E-state index in [1.165, 1.54) is 0 Å². The van der Waals surface area contributed by atoms with E-state index in [0.717, 1.165) is 22.3 Å². The van der Waals surface area contributed by atoms with Gasteiger partial charge in [-0.3, -0.25) is 4.68 Å². The summed E-state index contributed by atoms with van der Waals surface area (Å²) in [6, 6.07) is 5.81. The van der Waals surface area contributed by atoms with Gasteiger partial charge >= 0.3 is 0 Å². The van der Waals surface area contributed by atoms with Gasteiger partial charge in [0, 0.05) is 49.5 Å². The molecule has 0 unspecified atom stereocenters. The molecule has 11 heteroatoms. The first-order valence-electron chi connectivity index (χ1n) is 10.5. The molecule has 0 atom stereocenters. The zero-order valence-corrected chi connectivity index (χ0v) is 19.1. The first-order chi connectivity index (χ1) is 15.9. The third-order valence-electron chi connectivity index (χ3n) is 5.41. The minimum Gasteiger partial charge on any atom is -0.480 e. The number of imidazole rings is 1. The van der Waals surface area contributed by atoms with Gasteiger partial charge < -0.3 is 14.6 Å². The molecule has 0 aromatic carbocycles. The zero-order chi connectivity index (χ0) is 23.1. The van der Waals surface area contributed by atoms with Crippen LogP contribution < -0.4 is 10.1 Å². The Morgan fingerprint density at radius 2 is 1.91 bits per heavy atom. The highest BCUT2D eigenvalue weighted by molar-refractivity contribution is 5.83. The molecule has 33 heavy (non-hydrogen) atoms. The van der Waals surface area contributed by atoms with Crippen molar-refractivity contribution in [2.45, 2.75) is 26.8 Å². The molecule has 0 amide bonds. The maximum atomic E-state index is 5.11. The van der Waals surface area contributed by atoms with Crippen LogP contribution in [0.25, 0.3) is 28.4 Å². The molecule has 5 aromatic rings. The highest BCUT2D eigenvalue weighted by atomic mass is 16.5. The number of nitrogens with one attached hydrogen (secondary N) is 1. The van der Waals surface area contributed by atoms with Crippen LogP contribution in [0, 0.1) is 6.92 Å². The van der Waals surface area contributed by atoms with E-state index in [1.807, 2.05) is 52.4 Å². The highest BCUT2D eigenvalue weighted by Gasteiger charge is 2.20. The Bertz CT molecular complexity index is 1430. The monoisotopic (exact) mass is 444 g/mol. The van der Waals surface area contributed by atoms with Gasteiger partial charge in [-0.15, -0.1) is 15.3 Å². The molecule has 0 saturated carbocycles. The summed E-state index contributed by atoms with van der Waals surface area (Å²) in [5.41, 5.74) is 3.67. The molecule has 0 aliphatic rings. The minimum atomic E-state index is 0.275. The summed E-state index contributed by atoms with van der Waals surface area (Å²) in [4.78, 5) is 9.20. The largest absolute Gasteiger partial charge is 0.480 e. The molecular weight excluding hydrogens is 420 g/mol. The predicted molar refractivity (Wildman–Crippen MR) is 123 cm³/mol. The van der Waals surface area contributed by atoms with E-state index in [9.17, 15) is 0 Å². The van der Waals surface area contributed by atoms with Crippen molar-refractivity contribution in [1.29, 1.82) is 0 Å². The normalized spacial score (nSPS) is 11.5. The van der Waals surface area contributed by atoms with Gasteiger partial charge in [0.2, 0.25) is 11.7 Å². The second-order valence-corrected chi connectivity index (χ2v) is 7.97. The molecule has 0 aliphatic heterocycles. The van der Waals surface area contributed by atoms with Crippen LogP contribution in [0.3, 0.4) is 0 Å². The van der Waals surface area contributed by atoms with Crippen molar-refractivity contribution < 1.29 is 4.74 Å². The molecule has 0 aliphatic carbocycles. The number of aromatic nitrogens is 9. The molecule has 168 valence electrons. The quantitative estimate of drug-likeness (QED) is 0.424. The van der Waals surface area contributed by atoms with Gasteiger partial charge in [-0.25, -0.2) is 14.5 Å². The summed E-state index contributed by atoms with van der Waals surface area (Å²) in [7, 11) is 3.46. The number of fused-ring (bicyclic) bond motifs is 1. The van der Waals surface area contributed by atoms with E-state index in [1.54, 1.807) is 25.4 Å². The number of nitrogens with zero attached hydrogens (tertiary/aromatic N) is 9. The van der Waals surface area contributed by atoms with Crippen molar-refractivity contribution in [1.82, 2.24) is 44.1 Å². The van der Waals surface area contributed by atoms with Gasteiger partial charge in [0.1, 0.15) is 5.52 Å². The first kappa shape index (κ1) is 20.6. The molecule has 11 nitrogen and oxygen atoms in total. The topological polar surface area (TPSA) is 113 Å². The van der Waals surface area contributed by atoms with Crippen molar-refractivity contribution in [3.05, 3.63) is 48.5 Å². The van der Waals surface area contributed by atoms with Crippen LogP contribution in [-0.2, 0) is 7.05 Å². The van der Waals surface area contributed by atoms with Gasteiger partial charge in [0.05, 0.1) is 12.8 Å². The molecule has 0 radical (unpaired) electrons. The number of anilines is 2. The van der Waals surface area contributed by atoms with E-state index in [-0.39, 0.29) is 6.04 Å². The van der Waals surface area contributed by atoms with Crippen LogP contribution in [-0.4, -0.2) is 51.2 Å². The molecule has 0 bridgehead atoms. The summed E-state index contributed by atoms with van der Waals surface area (Å²) >= 11 is 0. The summed E-state index contributed by atoms with van der Waals surface area (Å²) in [5.74, 6) is 2.69. The number of aryl methyl sites for hydroxylation is 2. The lowest BCUT2D eigenvalue weighted by Crippen LogP contribution is -2.07. The van der Waals surface area contributed by atoms with Gasteiger partial charge in [-0.1, -0.05) is 0 Å². The third-order valence-corrected chi connectivity index (χ3v) is 5.41. The fourth-order valence-electron chi connectivity index (χ4n) is 3.64. The van der Waals surface area contributed by atoms with E-state index in [2.05, 4.69) is 34.3 Å². The van der Waals surface area contributed by atoms with Crippen molar-refractivity contribution in [3.8, 4) is 28.8 Å². The highest BCUT2D eigenvalue weighted by Crippen LogP contribution is 2.32. The van der Waals surface area contributed by atoms with Gasteiger partial charge in [0.25, 0.3) is 0 Å². The van der Waals surface area contributed by atoms with E-state index in [0.29, 0.717) is 29.2 Å². The van der Waals surface area contributed by atoms with Crippen molar-refractivity contribution in [3.63, 3.8) is 0 Å². The second kappa shape index (κ2) is 8.01. The van der Waals surface area contributed by atoms with Crippen molar-refractivity contribution in [2.24, 2.45) is 7.05 Å². The lowest BCUT2D eigenvalue weighted by molar-refractivity contribution is 0.392. The number of rotatable bonds is 6. The standard InChI is InChI=1S/C22H24N10O/c1-13(2)31-10-8-16(28-31)15-12-32-19(14(15)3)20(24-17-6-7-18(33-5)27-26-17)25-21(29-32)22-23-9-11-30(22)4/h6-13H,1-5H3,(H,24,25,26,29). The average Bonchev–Trinajstić information content (AvgIpc) is 3.53. The third kappa shape index (κ3) is 3.67. The lowest BCUT2D eigenvalue weighted by Gasteiger charge is -2.10. The van der Waals surface area contributed by atoms with Crippen molar-refractivity contribution >= 4 is 17.2 Å². The Kier molecular flexibility index (Phi) is 5.00. The Balaban J connectivity index is 1.67. The number of ether oxygens (including phenoxy) is 1.